The molecule has 0 aliphatic heterocycles. The van der Waals surface area contributed by atoms with Crippen molar-refractivity contribution in [3.63, 3.8) is 0 Å². The van der Waals surface area contributed by atoms with Crippen LogP contribution in [0.3, 0.4) is 0 Å². The van der Waals surface area contributed by atoms with E-state index in [9.17, 15) is 22.0 Å². The summed E-state index contributed by atoms with van der Waals surface area (Å²) in [4.78, 5) is 0. The molecule has 0 N–H and O–H groups in total. The molecule has 0 unspecified atom stereocenters. The zero-order valence-electron chi connectivity index (χ0n) is 7.09. The lowest BCUT2D eigenvalue weighted by Gasteiger charge is -2.12. The van der Waals surface area contributed by atoms with Crippen LogP contribution in [0.25, 0.3) is 0 Å². The van der Waals surface area contributed by atoms with Gasteiger partial charge < -0.3 is 9.47 Å². The standard InChI is InChI=1S/C8H5F5O2/c9-7(10)14-5-3-1-2-4-6(5)15-8(11,12)13/h1-4,7H. The Balaban J connectivity index is 2.86. The Labute approximate surface area is 81.2 Å². The van der Waals surface area contributed by atoms with E-state index >= 15 is 0 Å². The van der Waals surface area contributed by atoms with Crippen molar-refractivity contribution in [3.05, 3.63) is 24.3 Å². The summed E-state index contributed by atoms with van der Waals surface area (Å²) in [6, 6.07) is 4.29. The molecular formula is C8H5F5O2. The van der Waals surface area contributed by atoms with Crippen molar-refractivity contribution in [1.29, 1.82) is 0 Å². The van der Waals surface area contributed by atoms with Gasteiger partial charge in [-0.2, -0.15) is 8.78 Å². The summed E-state index contributed by atoms with van der Waals surface area (Å²) in [6.07, 6.45) is -4.94. The molecule has 15 heavy (non-hydrogen) atoms. The molecule has 0 fully saturated rings. The monoisotopic (exact) mass is 228 g/mol. The summed E-state index contributed by atoms with van der Waals surface area (Å²) in [5.41, 5.74) is 0. The summed E-state index contributed by atoms with van der Waals surface area (Å²) >= 11 is 0. The van der Waals surface area contributed by atoms with Gasteiger partial charge in [0.05, 0.1) is 0 Å². The molecule has 1 rings (SSSR count). The van der Waals surface area contributed by atoms with Gasteiger partial charge in [-0.15, -0.1) is 13.2 Å². The Bertz CT molecular complexity index is 323. The average Bonchev–Trinajstić information content (AvgIpc) is 2.05. The van der Waals surface area contributed by atoms with Gasteiger partial charge in [-0.3, -0.25) is 0 Å². The van der Waals surface area contributed by atoms with Gasteiger partial charge in [0.25, 0.3) is 0 Å². The van der Waals surface area contributed by atoms with Crippen molar-refractivity contribution in [2.75, 3.05) is 0 Å². The number of alkyl halides is 5. The predicted molar refractivity (Wildman–Crippen MR) is 39.8 cm³/mol. The molecule has 0 aromatic heterocycles. The van der Waals surface area contributed by atoms with Gasteiger partial charge in [-0.05, 0) is 12.1 Å². The maximum atomic E-state index is 11.8. The molecule has 7 heteroatoms. The molecule has 0 heterocycles. The summed E-state index contributed by atoms with van der Waals surface area (Å²) in [6.45, 7) is -3.21. The second-order valence-electron chi connectivity index (χ2n) is 2.37. The van der Waals surface area contributed by atoms with E-state index in [0.29, 0.717) is 0 Å². The summed E-state index contributed by atoms with van der Waals surface area (Å²) in [7, 11) is 0. The molecule has 0 saturated heterocycles. The number of halogens is 5. The van der Waals surface area contributed by atoms with Crippen LogP contribution < -0.4 is 9.47 Å². The zero-order valence-corrected chi connectivity index (χ0v) is 7.09. The highest BCUT2D eigenvalue weighted by Gasteiger charge is 2.32. The Morgan fingerprint density at radius 1 is 1.00 bits per heavy atom. The van der Waals surface area contributed by atoms with Gasteiger partial charge in [0.1, 0.15) is 0 Å². The van der Waals surface area contributed by atoms with E-state index in [4.69, 9.17) is 0 Å². The third-order valence-electron chi connectivity index (χ3n) is 1.29. The molecule has 0 saturated carbocycles. The van der Waals surface area contributed by atoms with Crippen LogP contribution in [0.2, 0.25) is 0 Å². The van der Waals surface area contributed by atoms with Gasteiger partial charge in [-0.25, -0.2) is 0 Å². The second-order valence-corrected chi connectivity index (χ2v) is 2.37. The van der Waals surface area contributed by atoms with Crippen LogP contribution in [0.15, 0.2) is 24.3 Å². The Morgan fingerprint density at radius 3 is 2.00 bits per heavy atom. The summed E-state index contributed by atoms with van der Waals surface area (Å²) < 4.78 is 66.2. The number of rotatable bonds is 3. The largest absolute Gasteiger partial charge is 0.573 e. The fraction of sp³-hybridized carbons (Fsp3) is 0.250. The highest BCUT2D eigenvalue weighted by Crippen LogP contribution is 2.32. The highest BCUT2D eigenvalue weighted by atomic mass is 19.4. The van der Waals surface area contributed by atoms with Gasteiger partial charge in [-0.1, -0.05) is 12.1 Å². The van der Waals surface area contributed by atoms with Gasteiger partial charge in [0.15, 0.2) is 11.5 Å². The van der Waals surface area contributed by atoms with E-state index in [1.165, 1.54) is 12.1 Å². The Hall–Kier alpha value is -1.53. The Kier molecular flexibility index (Phi) is 3.33. The molecule has 0 aliphatic rings. The minimum absolute atomic E-state index is 0.662. The molecule has 0 radical (unpaired) electrons. The third kappa shape index (κ3) is 4.01. The Morgan fingerprint density at radius 2 is 1.53 bits per heavy atom. The quantitative estimate of drug-likeness (QED) is 0.739. The average molecular weight is 228 g/mol. The van der Waals surface area contributed by atoms with Crippen LogP contribution in [0, 0.1) is 0 Å². The fourth-order valence-electron chi connectivity index (χ4n) is 0.853. The minimum atomic E-state index is -4.94. The van der Waals surface area contributed by atoms with E-state index in [0.717, 1.165) is 12.1 Å². The van der Waals surface area contributed by atoms with E-state index in [1.807, 2.05) is 0 Å². The van der Waals surface area contributed by atoms with Gasteiger partial charge in [0.2, 0.25) is 0 Å². The highest BCUT2D eigenvalue weighted by molar-refractivity contribution is 5.39. The van der Waals surface area contributed by atoms with Crippen LogP contribution in [0.1, 0.15) is 0 Å². The normalized spacial score (nSPS) is 11.6. The van der Waals surface area contributed by atoms with Crippen molar-refractivity contribution in [1.82, 2.24) is 0 Å². The number of hydrogen-bond donors (Lipinski definition) is 0. The molecular weight excluding hydrogens is 223 g/mol. The van der Waals surface area contributed by atoms with Crippen molar-refractivity contribution >= 4 is 0 Å². The first-order chi connectivity index (χ1) is 6.88. The lowest BCUT2D eigenvalue weighted by Crippen LogP contribution is -2.18. The molecule has 0 bridgehead atoms. The SMILES string of the molecule is FC(F)Oc1ccccc1OC(F)(F)F. The second kappa shape index (κ2) is 4.33. The van der Waals surface area contributed by atoms with Crippen molar-refractivity contribution in [3.8, 4) is 11.5 Å². The van der Waals surface area contributed by atoms with Gasteiger partial charge >= 0.3 is 13.0 Å². The first kappa shape index (κ1) is 11.5. The molecule has 84 valence electrons. The maximum absolute atomic E-state index is 11.8. The molecule has 1 aromatic rings. The molecule has 0 aliphatic carbocycles. The third-order valence-corrected chi connectivity index (χ3v) is 1.29. The number of hydrogen-bond acceptors (Lipinski definition) is 2. The topological polar surface area (TPSA) is 18.5 Å². The van der Waals surface area contributed by atoms with Crippen LogP contribution in [0.4, 0.5) is 22.0 Å². The van der Waals surface area contributed by atoms with E-state index in [2.05, 4.69) is 9.47 Å². The molecule has 0 amide bonds. The molecule has 0 spiro atoms. The maximum Gasteiger partial charge on any atom is 0.573 e. The first-order valence-electron chi connectivity index (χ1n) is 3.68. The number of ether oxygens (including phenoxy) is 2. The summed E-state index contributed by atoms with van der Waals surface area (Å²) in [5.74, 6) is -1.46. The number of para-hydroxylation sites is 2. The van der Waals surface area contributed by atoms with Crippen LogP contribution in [0.5, 0.6) is 11.5 Å². The zero-order chi connectivity index (χ0) is 11.5. The lowest BCUT2D eigenvalue weighted by atomic mass is 10.3. The predicted octanol–water partition coefficient (Wildman–Crippen LogP) is 3.19. The number of benzene rings is 1. The smallest absolute Gasteiger partial charge is 0.431 e. The lowest BCUT2D eigenvalue weighted by molar-refractivity contribution is -0.275. The van der Waals surface area contributed by atoms with Crippen LogP contribution in [-0.2, 0) is 0 Å². The minimum Gasteiger partial charge on any atom is -0.431 e. The van der Waals surface area contributed by atoms with Crippen LogP contribution >= 0.6 is 0 Å². The summed E-state index contributed by atoms with van der Waals surface area (Å²) in [5, 5.41) is 0. The fourth-order valence-corrected chi connectivity index (χ4v) is 0.853. The van der Waals surface area contributed by atoms with E-state index < -0.39 is 24.5 Å². The van der Waals surface area contributed by atoms with Crippen molar-refractivity contribution < 1.29 is 31.4 Å². The van der Waals surface area contributed by atoms with Crippen molar-refractivity contribution in [2.45, 2.75) is 13.0 Å². The van der Waals surface area contributed by atoms with Gasteiger partial charge in [0, 0.05) is 0 Å². The molecule has 0 atom stereocenters. The van der Waals surface area contributed by atoms with E-state index in [1.54, 1.807) is 0 Å². The molecule has 2 nitrogen and oxygen atoms in total. The first-order valence-corrected chi connectivity index (χ1v) is 3.68. The molecule has 1 aromatic carbocycles. The van der Waals surface area contributed by atoms with Crippen molar-refractivity contribution in [2.24, 2.45) is 0 Å². The van der Waals surface area contributed by atoms with Crippen LogP contribution in [-0.4, -0.2) is 13.0 Å². The van der Waals surface area contributed by atoms with E-state index in [-0.39, 0.29) is 0 Å².